The smallest absolute Gasteiger partial charge is 0.398 e. The first-order valence-corrected chi connectivity index (χ1v) is 6.76. The van der Waals surface area contributed by atoms with Crippen LogP contribution in [0.2, 0.25) is 0 Å². The Kier molecular flexibility index (Phi) is 5.07. The van der Waals surface area contributed by atoms with Gasteiger partial charge in [-0.2, -0.15) is 0 Å². The molecule has 0 N–H and O–H groups in total. The third-order valence-electron chi connectivity index (χ3n) is 4.02. The molecule has 4 nitrogen and oxygen atoms in total. The lowest BCUT2D eigenvalue weighted by Gasteiger charge is -2.32. The van der Waals surface area contributed by atoms with Gasteiger partial charge in [0.2, 0.25) is 0 Å². The Morgan fingerprint density at radius 2 is 1.50 bits per heavy atom. The molecule has 0 saturated carbocycles. The van der Waals surface area contributed by atoms with Crippen molar-refractivity contribution in [2.75, 3.05) is 14.2 Å². The highest BCUT2D eigenvalue weighted by atomic mass is 19.1. The van der Waals surface area contributed by atoms with E-state index in [1.807, 2.05) is 41.5 Å². The Balaban J connectivity index is 2.91. The molecule has 0 spiro atoms. The average molecular weight is 288 g/mol. The van der Waals surface area contributed by atoms with E-state index in [2.05, 4.69) is 0 Å². The van der Waals surface area contributed by atoms with E-state index in [1.54, 1.807) is 0 Å². The molecule has 1 heterocycles. The van der Waals surface area contributed by atoms with E-state index in [0.29, 0.717) is 0 Å². The zero-order valence-corrected chi connectivity index (χ0v) is 13.7. The molecule has 0 amide bonds. The maximum Gasteiger partial charge on any atom is 0.524 e. The summed E-state index contributed by atoms with van der Waals surface area (Å²) in [4.78, 5) is 0. The van der Waals surface area contributed by atoms with Crippen LogP contribution in [0.5, 0.6) is 0 Å². The van der Waals surface area contributed by atoms with E-state index in [1.165, 1.54) is 20.3 Å². The fraction of sp³-hybridized carbons (Fsp3) is 0.857. The maximum absolute atomic E-state index is 14.4. The van der Waals surface area contributed by atoms with Crippen LogP contribution in [-0.2, 0) is 18.8 Å². The highest BCUT2D eigenvalue weighted by Crippen LogP contribution is 2.39. The normalized spacial score (nSPS) is 22.7. The van der Waals surface area contributed by atoms with E-state index in [-0.39, 0.29) is 0 Å². The van der Waals surface area contributed by atoms with E-state index in [0.717, 1.165) is 0 Å². The monoisotopic (exact) mass is 288 g/mol. The Bertz CT molecular complexity index is 359. The molecule has 1 fully saturated rings. The topological polar surface area (TPSA) is 36.9 Å². The molecule has 0 atom stereocenters. The fourth-order valence-corrected chi connectivity index (χ4v) is 2.15. The van der Waals surface area contributed by atoms with Crippen LogP contribution in [0.3, 0.4) is 0 Å². The molecular formula is C14H26BFO4. The van der Waals surface area contributed by atoms with Crippen molar-refractivity contribution in [3.05, 3.63) is 11.8 Å². The van der Waals surface area contributed by atoms with Gasteiger partial charge in [0.1, 0.15) is 5.73 Å². The number of hydrogen-bond donors (Lipinski definition) is 0. The Hall–Kier alpha value is -0.425. The number of hydrogen-bond acceptors (Lipinski definition) is 4. The van der Waals surface area contributed by atoms with Crippen LogP contribution >= 0.6 is 0 Å². The summed E-state index contributed by atoms with van der Waals surface area (Å²) in [7, 11) is 2.06. The van der Waals surface area contributed by atoms with Gasteiger partial charge in [-0.05, 0) is 33.8 Å². The van der Waals surface area contributed by atoms with Crippen LogP contribution in [0.25, 0.3) is 0 Å². The highest BCUT2D eigenvalue weighted by molar-refractivity contribution is 6.53. The maximum atomic E-state index is 14.4. The molecule has 1 aliphatic rings. The third-order valence-corrected chi connectivity index (χ3v) is 4.02. The summed E-state index contributed by atoms with van der Waals surface area (Å²) in [6.45, 7) is 11.2. The number of rotatable bonds is 5. The van der Waals surface area contributed by atoms with Crippen LogP contribution in [0.4, 0.5) is 4.39 Å². The number of halogens is 1. The molecular weight excluding hydrogens is 262 g/mol. The predicted octanol–water partition coefficient (Wildman–Crippen LogP) is 3.12. The molecule has 0 aliphatic carbocycles. The summed E-state index contributed by atoms with van der Waals surface area (Å²) in [6, 6.07) is 0. The summed E-state index contributed by atoms with van der Waals surface area (Å²) in [5.74, 6) is 0. The SMILES string of the molecule is COC(OC)C(C)(C)C=C(F)B1OC(C)(C)C(C)(C)O1. The van der Waals surface area contributed by atoms with Crippen molar-refractivity contribution in [3.63, 3.8) is 0 Å². The first kappa shape index (κ1) is 17.6. The van der Waals surface area contributed by atoms with Crippen molar-refractivity contribution >= 4 is 7.12 Å². The van der Waals surface area contributed by atoms with Gasteiger partial charge in [0.25, 0.3) is 0 Å². The van der Waals surface area contributed by atoms with Gasteiger partial charge in [0.15, 0.2) is 6.29 Å². The Morgan fingerprint density at radius 3 is 1.85 bits per heavy atom. The summed E-state index contributed by atoms with van der Waals surface area (Å²) < 4.78 is 36.2. The minimum Gasteiger partial charge on any atom is -0.398 e. The van der Waals surface area contributed by atoms with E-state index in [4.69, 9.17) is 18.8 Å². The van der Waals surface area contributed by atoms with Crippen molar-refractivity contribution in [1.82, 2.24) is 0 Å². The van der Waals surface area contributed by atoms with Crippen molar-refractivity contribution in [2.45, 2.75) is 59.0 Å². The Morgan fingerprint density at radius 1 is 1.10 bits per heavy atom. The minimum absolute atomic E-state index is 0.465. The van der Waals surface area contributed by atoms with Crippen LogP contribution < -0.4 is 0 Å². The molecule has 116 valence electrons. The van der Waals surface area contributed by atoms with Gasteiger partial charge < -0.3 is 18.8 Å². The zero-order valence-electron chi connectivity index (χ0n) is 13.7. The first-order chi connectivity index (χ1) is 8.97. The minimum atomic E-state index is -0.992. The zero-order chi connectivity index (χ0) is 15.8. The molecule has 0 radical (unpaired) electrons. The molecule has 0 aromatic rings. The van der Waals surface area contributed by atoms with Gasteiger partial charge in [-0.25, -0.2) is 4.39 Å². The lowest BCUT2D eigenvalue weighted by atomic mass is 9.81. The van der Waals surface area contributed by atoms with Crippen molar-refractivity contribution in [1.29, 1.82) is 0 Å². The number of methoxy groups -OCH3 is 2. The second-order valence-electron chi connectivity index (χ2n) is 6.74. The van der Waals surface area contributed by atoms with Crippen LogP contribution in [0.15, 0.2) is 11.8 Å². The van der Waals surface area contributed by atoms with E-state index >= 15 is 0 Å². The molecule has 1 saturated heterocycles. The quantitative estimate of drug-likeness (QED) is 0.575. The molecule has 1 aliphatic heterocycles. The van der Waals surface area contributed by atoms with Gasteiger partial charge in [0, 0.05) is 19.6 Å². The first-order valence-electron chi connectivity index (χ1n) is 6.76. The van der Waals surface area contributed by atoms with E-state index in [9.17, 15) is 4.39 Å². The van der Waals surface area contributed by atoms with Gasteiger partial charge in [-0.1, -0.05) is 13.8 Å². The van der Waals surface area contributed by atoms with E-state index < -0.39 is 35.8 Å². The van der Waals surface area contributed by atoms with Gasteiger partial charge >= 0.3 is 7.12 Å². The van der Waals surface area contributed by atoms with Crippen molar-refractivity contribution in [3.8, 4) is 0 Å². The standard InChI is InChI=1S/C14H26BFO4/c1-12(2,11(17-7)18-8)9-10(16)15-19-13(3,4)14(5,6)20-15/h9,11H,1-8H3. The van der Waals surface area contributed by atoms with Crippen molar-refractivity contribution < 1.29 is 23.2 Å². The van der Waals surface area contributed by atoms with Crippen LogP contribution in [-0.4, -0.2) is 38.8 Å². The summed E-state index contributed by atoms with van der Waals surface area (Å²) in [5, 5.41) is 0. The average Bonchev–Trinajstić information content (AvgIpc) is 2.48. The molecule has 1 rings (SSSR count). The largest absolute Gasteiger partial charge is 0.524 e. The molecule has 6 heteroatoms. The lowest BCUT2D eigenvalue weighted by molar-refractivity contribution is -0.152. The Labute approximate surface area is 121 Å². The fourth-order valence-electron chi connectivity index (χ4n) is 2.15. The summed E-state index contributed by atoms with van der Waals surface area (Å²) >= 11 is 0. The molecule has 0 aromatic carbocycles. The van der Waals surface area contributed by atoms with Crippen LogP contribution in [0, 0.1) is 5.41 Å². The molecule has 0 unspecified atom stereocenters. The van der Waals surface area contributed by atoms with Crippen LogP contribution in [0.1, 0.15) is 41.5 Å². The lowest BCUT2D eigenvalue weighted by Crippen LogP contribution is -2.41. The molecule has 20 heavy (non-hydrogen) atoms. The number of ether oxygens (including phenoxy) is 2. The third kappa shape index (κ3) is 3.42. The second kappa shape index (κ2) is 5.75. The van der Waals surface area contributed by atoms with Gasteiger partial charge in [-0.15, -0.1) is 0 Å². The summed E-state index contributed by atoms with van der Waals surface area (Å²) in [5.41, 5.74) is -2.23. The molecule has 0 bridgehead atoms. The second-order valence-corrected chi connectivity index (χ2v) is 6.74. The summed E-state index contributed by atoms with van der Waals surface area (Å²) in [6.07, 6.45) is 0.892. The van der Waals surface area contributed by atoms with Crippen molar-refractivity contribution in [2.24, 2.45) is 5.41 Å². The van der Waals surface area contributed by atoms with Gasteiger partial charge in [0.05, 0.1) is 11.2 Å². The highest BCUT2D eigenvalue weighted by Gasteiger charge is 2.53. The predicted molar refractivity (Wildman–Crippen MR) is 76.9 cm³/mol. The van der Waals surface area contributed by atoms with Gasteiger partial charge in [-0.3, -0.25) is 0 Å². The molecule has 0 aromatic heterocycles.